The zero-order chi connectivity index (χ0) is 17.9. The Kier molecular flexibility index (Phi) is 4.93. The van der Waals surface area contributed by atoms with E-state index in [2.05, 4.69) is 11.4 Å². The fraction of sp³-hybridized carbons (Fsp3) is 0.350. The lowest BCUT2D eigenvalue weighted by molar-refractivity contribution is 0.205. The molecule has 2 aromatic carbocycles. The summed E-state index contributed by atoms with van der Waals surface area (Å²) in [5.74, 6) is 0.595. The molecule has 0 aromatic heterocycles. The highest BCUT2D eigenvalue weighted by atomic mass is 19.1. The van der Waals surface area contributed by atoms with E-state index in [4.69, 9.17) is 4.74 Å². The lowest BCUT2D eigenvalue weighted by atomic mass is 9.95. The molecule has 0 saturated heterocycles. The molecule has 0 radical (unpaired) electrons. The number of carbonyl (C=O) groups is 1. The molecule has 5 heteroatoms. The summed E-state index contributed by atoms with van der Waals surface area (Å²) in [6, 6.07) is 14.0. The number of ether oxygens (including phenoxy) is 1. The van der Waals surface area contributed by atoms with Crippen LogP contribution in [0.25, 0.3) is 0 Å². The van der Waals surface area contributed by atoms with E-state index in [1.807, 2.05) is 18.2 Å². The van der Waals surface area contributed by atoms with Crippen molar-refractivity contribution in [3.05, 3.63) is 65.5 Å². The van der Waals surface area contributed by atoms with Crippen molar-refractivity contribution in [3.63, 3.8) is 0 Å². The number of nitrogens with one attached hydrogen (secondary N) is 1. The van der Waals surface area contributed by atoms with Crippen molar-refractivity contribution < 1.29 is 13.9 Å². The number of nitrogens with zero attached hydrogens (tertiary/aromatic N) is 1. The van der Waals surface area contributed by atoms with Gasteiger partial charge in [-0.1, -0.05) is 30.3 Å². The molecule has 1 aliphatic rings. The van der Waals surface area contributed by atoms with E-state index in [1.54, 1.807) is 31.2 Å². The van der Waals surface area contributed by atoms with Gasteiger partial charge in [-0.15, -0.1) is 0 Å². The maximum atomic E-state index is 13.0. The van der Waals surface area contributed by atoms with Gasteiger partial charge in [0.05, 0.1) is 7.11 Å². The second-order valence-corrected chi connectivity index (χ2v) is 6.62. The monoisotopic (exact) mass is 342 g/mol. The van der Waals surface area contributed by atoms with Crippen molar-refractivity contribution in [2.45, 2.75) is 24.8 Å². The van der Waals surface area contributed by atoms with Gasteiger partial charge in [0.25, 0.3) is 0 Å². The van der Waals surface area contributed by atoms with Crippen LogP contribution in [-0.2, 0) is 12.0 Å². The van der Waals surface area contributed by atoms with E-state index >= 15 is 0 Å². The highest BCUT2D eigenvalue weighted by Gasteiger charge is 2.46. The van der Waals surface area contributed by atoms with Crippen LogP contribution in [0.3, 0.4) is 0 Å². The maximum absolute atomic E-state index is 13.0. The Labute approximate surface area is 147 Å². The molecule has 0 aliphatic heterocycles. The molecule has 0 unspecified atom stereocenters. The summed E-state index contributed by atoms with van der Waals surface area (Å²) in [6.45, 7) is 1.02. The Hall–Kier alpha value is -2.56. The predicted octanol–water partition coefficient (Wildman–Crippen LogP) is 3.71. The first-order valence-corrected chi connectivity index (χ1v) is 8.41. The zero-order valence-corrected chi connectivity index (χ0v) is 14.6. The number of carbonyl (C=O) groups excluding carboxylic acids is 1. The molecule has 1 aliphatic carbocycles. The summed E-state index contributed by atoms with van der Waals surface area (Å²) in [5.41, 5.74) is 2.02. The summed E-state index contributed by atoms with van der Waals surface area (Å²) in [5, 5.41) is 3.02. The van der Waals surface area contributed by atoms with Gasteiger partial charge in [-0.25, -0.2) is 9.18 Å². The first-order valence-electron chi connectivity index (χ1n) is 8.41. The Balaban J connectivity index is 1.59. The Morgan fingerprint density at radius 3 is 2.52 bits per heavy atom. The summed E-state index contributed by atoms with van der Waals surface area (Å²) in [7, 11) is 3.41. The molecule has 0 spiro atoms. The minimum absolute atomic E-state index is 0.0288. The average molecular weight is 342 g/mol. The number of amides is 2. The van der Waals surface area contributed by atoms with Crippen molar-refractivity contribution in [1.82, 2.24) is 10.2 Å². The molecule has 1 fully saturated rings. The highest BCUT2D eigenvalue weighted by molar-refractivity contribution is 5.74. The molecule has 1 N–H and O–H groups in total. The zero-order valence-electron chi connectivity index (χ0n) is 14.6. The number of para-hydroxylation sites is 1. The van der Waals surface area contributed by atoms with Crippen LogP contribution in [0.5, 0.6) is 5.75 Å². The van der Waals surface area contributed by atoms with Crippen LogP contribution in [-0.4, -0.2) is 31.6 Å². The highest BCUT2D eigenvalue weighted by Crippen LogP contribution is 2.50. The van der Waals surface area contributed by atoms with Crippen molar-refractivity contribution in [3.8, 4) is 5.75 Å². The number of benzene rings is 2. The number of methoxy groups -OCH3 is 1. The van der Waals surface area contributed by atoms with Gasteiger partial charge in [0.15, 0.2) is 0 Å². The summed E-state index contributed by atoms with van der Waals surface area (Å²) >= 11 is 0. The van der Waals surface area contributed by atoms with Gasteiger partial charge < -0.3 is 15.0 Å². The third-order valence-electron chi connectivity index (χ3n) is 4.79. The molecule has 0 heterocycles. The van der Waals surface area contributed by atoms with Crippen LogP contribution in [0, 0.1) is 5.82 Å². The second-order valence-electron chi connectivity index (χ2n) is 6.62. The smallest absolute Gasteiger partial charge is 0.317 e. The largest absolute Gasteiger partial charge is 0.496 e. The van der Waals surface area contributed by atoms with E-state index in [9.17, 15) is 9.18 Å². The van der Waals surface area contributed by atoms with Crippen molar-refractivity contribution >= 4 is 6.03 Å². The van der Waals surface area contributed by atoms with Crippen LogP contribution >= 0.6 is 0 Å². The quantitative estimate of drug-likeness (QED) is 0.869. The third-order valence-corrected chi connectivity index (χ3v) is 4.79. The van der Waals surface area contributed by atoms with Crippen molar-refractivity contribution in [1.29, 1.82) is 0 Å². The van der Waals surface area contributed by atoms with Gasteiger partial charge >= 0.3 is 6.03 Å². The van der Waals surface area contributed by atoms with Gasteiger partial charge in [-0.05, 0) is 36.6 Å². The lowest BCUT2D eigenvalue weighted by Gasteiger charge is -2.22. The van der Waals surface area contributed by atoms with E-state index in [0.717, 1.165) is 29.7 Å². The fourth-order valence-electron chi connectivity index (χ4n) is 3.09. The van der Waals surface area contributed by atoms with Gasteiger partial charge in [0.1, 0.15) is 11.6 Å². The average Bonchev–Trinajstić information content (AvgIpc) is 3.42. The molecule has 3 rings (SSSR count). The lowest BCUT2D eigenvalue weighted by Crippen LogP contribution is -2.40. The standard InChI is InChI=1S/C20H23FN2O2/c1-23(13-15-7-9-16(21)10-8-15)19(24)22-14-20(11-12-20)17-5-3-4-6-18(17)25-2/h3-10H,11-14H2,1-2H3,(H,22,24). The first-order chi connectivity index (χ1) is 12.0. The molecular formula is C20H23FN2O2. The van der Waals surface area contributed by atoms with Crippen LogP contribution in [0.4, 0.5) is 9.18 Å². The topological polar surface area (TPSA) is 41.6 Å². The number of halogens is 1. The van der Waals surface area contributed by atoms with Gasteiger partial charge in [-0.2, -0.15) is 0 Å². The van der Waals surface area contributed by atoms with Gasteiger partial charge in [-0.3, -0.25) is 0 Å². The number of hydrogen-bond donors (Lipinski definition) is 1. The normalized spacial score (nSPS) is 14.7. The molecule has 25 heavy (non-hydrogen) atoms. The second kappa shape index (κ2) is 7.13. The fourth-order valence-corrected chi connectivity index (χ4v) is 3.09. The van der Waals surface area contributed by atoms with Crippen LogP contribution in [0.2, 0.25) is 0 Å². The van der Waals surface area contributed by atoms with Crippen molar-refractivity contribution in [2.75, 3.05) is 20.7 Å². The molecule has 1 saturated carbocycles. The number of rotatable bonds is 6. The number of urea groups is 1. The summed E-state index contributed by atoms with van der Waals surface area (Å²) < 4.78 is 18.4. The molecule has 0 bridgehead atoms. The molecule has 2 aromatic rings. The third kappa shape index (κ3) is 3.92. The van der Waals surface area contributed by atoms with Crippen molar-refractivity contribution in [2.24, 2.45) is 0 Å². The van der Waals surface area contributed by atoms with E-state index in [0.29, 0.717) is 13.1 Å². The molecule has 2 amide bonds. The molecule has 4 nitrogen and oxygen atoms in total. The van der Waals surface area contributed by atoms with E-state index in [-0.39, 0.29) is 17.3 Å². The molecule has 0 atom stereocenters. The SMILES string of the molecule is COc1ccccc1C1(CNC(=O)N(C)Cc2ccc(F)cc2)CC1. The maximum Gasteiger partial charge on any atom is 0.317 e. The molecule has 132 valence electrons. The first kappa shape index (κ1) is 17.3. The minimum Gasteiger partial charge on any atom is -0.496 e. The summed E-state index contributed by atoms with van der Waals surface area (Å²) in [6.07, 6.45) is 2.07. The number of hydrogen-bond acceptors (Lipinski definition) is 2. The van der Waals surface area contributed by atoms with Crippen LogP contribution in [0.15, 0.2) is 48.5 Å². The minimum atomic E-state index is -0.275. The van der Waals surface area contributed by atoms with Gasteiger partial charge in [0.2, 0.25) is 0 Å². The Morgan fingerprint density at radius 1 is 1.20 bits per heavy atom. The van der Waals surface area contributed by atoms with E-state index in [1.165, 1.54) is 12.1 Å². The predicted molar refractivity (Wildman–Crippen MR) is 95.2 cm³/mol. The van der Waals surface area contributed by atoms with Crippen LogP contribution in [0.1, 0.15) is 24.0 Å². The summed E-state index contributed by atoms with van der Waals surface area (Å²) in [4.78, 5) is 14.0. The van der Waals surface area contributed by atoms with Gasteiger partial charge in [0, 0.05) is 31.1 Å². The van der Waals surface area contributed by atoms with Crippen LogP contribution < -0.4 is 10.1 Å². The Bertz CT molecular complexity index is 742. The Morgan fingerprint density at radius 2 is 1.88 bits per heavy atom. The molecular weight excluding hydrogens is 319 g/mol. The van der Waals surface area contributed by atoms with E-state index < -0.39 is 0 Å².